The highest BCUT2D eigenvalue weighted by atomic mass is 32.2. The van der Waals surface area contributed by atoms with Gasteiger partial charge in [-0.3, -0.25) is 0 Å². The fraction of sp³-hybridized carbons (Fsp3) is 0.250. The van der Waals surface area contributed by atoms with Crippen molar-refractivity contribution >= 4 is 25.0 Å². The van der Waals surface area contributed by atoms with Crippen molar-refractivity contribution in [2.45, 2.75) is 17.8 Å². The summed E-state index contributed by atoms with van der Waals surface area (Å²) in [7, 11) is 1.99. The number of ether oxygens (including phenoxy) is 1. The quantitative estimate of drug-likeness (QED) is 0.487. The molecular weight excluding hydrogens is 464 g/mol. The Morgan fingerprint density at radius 3 is 2.44 bits per heavy atom. The number of hydrogen-bond acceptors (Lipinski definition) is 5. The van der Waals surface area contributed by atoms with Crippen LogP contribution in [-0.4, -0.2) is 42.0 Å². The highest BCUT2D eigenvalue weighted by Gasteiger charge is 2.31. The average Bonchev–Trinajstić information content (AvgIpc) is 3.17. The van der Waals surface area contributed by atoms with Crippen molar-refractivity contribution in [1.29, 1.82) is 0 Å². The molecule has 1 N–H and O–H groups in total. The van der Waals surface area contributed by atoms with Gasteiger partial charge in [0.1, 0.15) is 5.75 Å². The third-order valence-corrected chi connectivity index (χ3v) is 7.21. The fourth-order valence-corrected chi connectivity index (χ4v) is 4.54. The molecule has 0 saturated heterocycles. The number of nitrogens with one attached hydrogen (secondary N) is 1. The van der Waals surface area contributed by atoms with Crippen LogP contribution in [0.15, 0.2) is 59.9 Å². The van der Waals surface area contributed by atoms with E-state index in [1.807, 2.05) is 0 Å². The van der Waals surface area contributed by atoms with E-state index in [-0.39, 0.29) is 16.9 Å². The highest BCUT2D eigenvalue weighted by molar-refractivity contribution is 7.89. The lowest BCUT2D eigenvalue weighted by atomic mass is 10.1. The molecule has 0 aliphatic heterocycles. The summed E-state index contributed by atoms with van der Waals surface area (Å²) >= 11 is 0. The van der Waals surface area contributed by atoms with Crippen LogP contribution in [0.3, 0.4) is 0 Å². The Kier molecular flexibility index (Phi) is 7.12. The number of alkyl halides is 3. The van der Waals surface area contributed by atoms with Gasteiger partial charge < -0.3 is 14.6 Å². The van der Waals surface area contributed by atoms with Crippen molar-refractivity contribution in [3.63, 3.8) is 0 Å². The number of rotatable bonds is 8. The van der Waals surface area contributed by atoms with Crippen LogP contribution in [0.25, 0.3) is 11.3 Å². The Balaban J connectivity index is 1.87. The van der Waals surface area contributed by atoms with Gasteiger partial charge in [-0.2, -0.15) is 4.31 Å². The van der Waals surface area contributed by atoms with Gasteiger partial charge in [-0.15, -0.1) is 22.4 Å². The van der Waals surface area contributed by atoms with Gasteiger partial charge in [0.2, 0.25) is 10.0 Å². The second kappa shape index (κ2) is 9.48. The SMILES string of the molecule is CN(CP)S(=O)(=O)c1ccc(NCc2ccc(OC(F)(F)F)cc2)c(-c2cn(C)cn2)c1. The van der Waals surface area contributed by atoms with E-state index in [4.69, 9.17) is 0 Å². The minimum Gasteiger partial charge on any atom is -0.406 e. The molecule has 12 heteroatoms. The lowest BCUT2D eigenvalue weighted by Gasteiger charge is -2.17. The van der Waals surface area contributed by atoms with Crippen molar-refractivity contribution < 1.29 is 26.3 Å². The third kappa shape index (κ3) is 5.79. The van der Waals surface area contributed by atoms with Crippen LogP contribution < -0.4 is 10.1 Å². The molecule has 0 spiro atoms. The Labute approximate surface area is 186 Å². The summed E-state index contributed by atoms with van der Waals surface area (Å²) in [5.74, 6) is -0.303. The predicted octanol–water partition coefficient (Wildman–Crippen LogP) is 4.05. The molecule has 172 valence electrons. The zero-order valence-corrected chi connectivity index (χ0v) is 19.3. The first-order valence-corrected chi connectivity index (χ1v) is 11.6. The molecule has 2 aromatic carbocycles. The predicted molar refractivity (Wildman–Crippen MR) is 119 cm³/mol. The number of anilines is 1. The Bertz CT molecular complexity index is 1180. The first-order chi connectivity index (χ1) is 15.0. The molecule has 1 atom stereocenters. The van der Waals surface area contributed by atoms with Crippen LogP contribution in [0.2, 0.25) is 0 Å². The first-order valence-electron chi connectivity index (χ1n) is 9.37. The average molecular weight is 486 g/mol. The monoisotopic (exact) mass is 486 g/mol. The van der Waals surface area contributed by atoms with Crippen LogP contribution in [0, 0.1) is 0 Å². The van der Waals surface area contributed by atoms with Gasteiger partial charge in [-0.05, 0) is 35.9 Å². The van der Waals surface area contributed by atoms with E-state index >= 15 is 0 Å². The smallest absolute Gasteiger partial charge is 0.406 e. The number of nitrogens with zero attached hydrogens (tertiary/aromatic N) is 3. The molecule has 0 aliphatic carbocycles. The molecule has 32 heavy (non-hydrogen) atoms. The number of halogens is 3. The molecule has 1 heterocycles. The number of aryl methyl sites for hydroxylation is 1. The molecule has 0 amide bonds. The van der Waals surface area contributed by atoms with E-state index in [1.54, 1.807) is 36.3 Å². The summed E-state index contributed by atoms with van der Waals surface area (Å²) in [5.41, 5.74) is 2.51. The molecule has 1 aromatic heterocycles. The molecule has 0 bridgehead atoms. The van der Waals surface area contributed by atoms with Gasteiger partial charge in [-0.25, -0.2) is 13.4 Å². The maximum Gasteiger partial charge on any atom is 0.573 e. The molecular formula is C20H22F3N4O3PS. The fourth-order valence-electron chi connectivity index (χ4n) is 2.89. The molecule has 1 unspecified atom stereocenters. The zero-order valence-electron chi connectivity index (χ0n) is 17.3. The number of benzene rings is 2. The van der Waals surface area contributed by atoms with Crippen LogP contribution >= 0.6 is 9.24 Å². The number of imidazole rings is 1. The van der Waals surface area contributed by atoms with E-state index in [1.165, 1.54) is 41.7 Å². The molecule has 3 rings (SSSR count). The Hall–Kier alpha value is -2.62. The van der Waals surface area contributed by atoms with Gasteiger partial charge >= 0.3 is 6.36 Å². The minimum atomic E-state index is -4.75. The summed E-state index contributed by atoms with van der Waals surface area (Å²) in [6, 6.07) is 10.2. The summed E-state index contributed by atoms with van der Waals surface area (Å²) in [6.45, 7) is 0.295. The normalized spacial score (nSPS) is 12.2. The van der Waals surface area contributed by atoms with E-state index in [9.17, 15) is 21.6 Å². The number of hydrogen-bond donors (Lipinski definition) is 1. The Morgan fingerprint density at radius 2 is 1.88 bits per heavy atom. The van der Waals surface area contributed by atoms with Crippen molar-refractivity contribution in [3.05, 3.63) is 60.6 Å². The van der Waals surface area contributed by atoms with Crippen molar-refractivity contribution in [3.8, 4) is 17.0 Å². The summed E-state index contributed by atoms with van der Waals surface area (Å²) < 4.78 is 69.3. The van der Waals surface area contributed by atoms with Gasteiger partial charge in [-0.1, -0.05) is 12.1 Å². The molecule has 7 nitrogen and oxygen atoms in total. The van der Waals surface area contributed by atoms with Crippen LogP contribution in [0.4, 0.5) is 18.9 Å². The summed E-state index contributed by atoms with van der Waals surface area (Å²) in [5, 5.41) is 3.20. The molecule has 0 aliphatic rings. The topological polar surface area (TPSA) is 76.5 Å². The Morgan fingerprint density at radius 1 is 1.19 bits per heavy atom. The summed E-state index contributed by atoms with van der Waals surface area (Å²) in [6.07, 6.45) is -1.13. The third-order valence-electron chi connectivity index (χ3n) is 4.58. The van der Waals surface area contributed by atoms with Crippen molar-refractivity contribution in [2.24, 2.45) is 7.05 Å². The molecule has 0 fully saturated rings. The number of aromatic nitrogens is 2. The van der Waals surface area contributed by atoms with Gasteiger partial charge in [0.15, 0.2) is 0 Å². The lowest BCUT2D eigenvalue weighted by Crippen LogP contribution is -2.25. The summed E-state index contributed by atoms with van der Waals surface area (Å²) in [4.78, 5) is 4.45. The molecule has 0 radical (unpaired) electrons. The maximum atomic E-state index is 12.7. The minimum absolute atomic E-state index is 0.127. The van der Waals surface area contributed by atoms with Gasteiger partial charge in [0.05, 0.1) is 16.9 Å². The highest BCUT2D eigenvalue weighted by Crippen LogP contribution is 2.31. The first kappa shape index (κ1) is 24.0. The van der Waals surface area contributed by atoms with Crippen LogP contribution in [0.1, 0.15) is 5.56 Å². The molecule has 3 aromatic rings. The second-order valence-electron chi connectivity index (χ2n) is 6.96. The van der Waals surface area contributed by atoms with Gasteiger partial charge in [0, 0.05) is 44.4 Å². The second-order valence-corrected chi connectivity index (χ2v) is 9.37. The van der Waals surface area contributed by atoms with Crippen molar-refractivity contribution in [1.82, 2.24) is 13.9 Å². The van der Waals surface area contributed by atoms with E-state index in [0.717, 1.165) is 0 Å². The lowest BCUT2D eigenvalue weighted by molar-refractivity contribution is -0.274. The standard InChI is InChI=1S/C20H22F3N4O3PS/c1-26-11-19(25-12-26)17-9-16(32(28,29)27(2)13-31)7-8-18(17)24-10-14-3-5-15(6-4-14)30-20(21,22)23/h3-9,11-12,24H,10,13,31H2,1-2H3. The van der Waals surface area contributed by atoms with Gasteiger partial charge in [0.25, 0.3) is 0 Å². The number of sulfonamides is 1. The molecule has 0 saturated carbocycles. The van der Waals surface area contributed by atoms with E-state index in [0.29, 0.717) is 29.1 Å². The largest absolute Gasteiger partial charge is 0.573 e. The zero-order chi connectivity index (χ0) is 23.5. The van der Waals surface area contributed by atoms with Crippen LogP contribution in [0.5, 0.6) is 5.75 Å². The maximum absolute atomic E-state index is 12.7. The van der Waals surface area contributed by atoms with E-state index in [2.05, 4.69) is 24.3 Å². The van der Waals surface area contributed by atoms with Crippen LogP contribution in [-0.2, 0) is 23.6 Å². The van der Waals surface area contributed by atoms with Crippen molar-refractivity contribution in [2.75, 3.05) is 18.7 Å². The van der Waals surface area contributed by atoms with E-state index < -0.39 is 16.4 Å².